The van der Waals surface area contributed by atoms with Gasteiger partial charge in [0.05, 0.1) is 11.3 Å². The van der Waals surface area contributed by atoms with Crippen LogP contribution in [-0.2, 0) is 9.59 Å². The van der Waals surface area contributed by atoms with Gasteiger partial charge in [-0.05, 0) is 50.5 Å². The summed E-state index contributed by atoms with van der Waals surface area (Å²) in [6, 6.07) is 10.5. The second-order valence-electron chi connectivity index (χ2n) is 7.72. The van der Waals surface area contributed by atoms with Gasteiger partial charge in [0.25, 0.3) is 11.7 Å². The van der Waals surface area contributed by atoms with Gasteiger partial charge in [0.15, 0.2) is 0 Å². The Morgan fingerprint density at radius 3 is 2.54 bits per heavy atom. The van der Waals surface area contributed by atoms with E-state index in [1.807, 2.05) is 44.2 Å². The van der Waals surface area contributed by atoms with Crippen LogP contribution in [0.15, 0.2) is 48.2 Å². The molecule has 2 heterocycles. The molecule has 1 saturated carbocycles. The third-order valence-electron chi connectivity index (χ3n) is 5.81. The standard InChI is InChI=1S/C23H24N2O3/c1-14-10-11-15(2)17(13-14)21(26)19-20(18-9-5-6-12-24-18)25(23(28)22(19)27)16-7-3-4-8-16/h5-6,9-13,16,20,26H,3-4,7-8H2,1-2H3/b21-19+. The van der Waals surface area contributed by atoms with E-state index >= 15 is 0 Å². The van der Waals surface area contributed by atoms with Crippen molar-refractivity contribution < 1.29 is 14.7 Å². The summed E-state index contributed by atoms with van der Waals surface area (Å²) in [5.74, 6) is -1.27. The van der Waals surface area contributed by atoms with Gasteiger partial charge in [-0.1, -0.05) is 36.6 Å². The topological polar surface area (TPSA) is 70.5 Å². The monoisotopic (exact) mass is 376 g/mol. The van der Waals surface area contributed by atoms with Crippen molar-refractivity contribution >= 4 is 17.4 Å². The number of likely N-dealkylation sites (tertiary alicyclic amines) is 1. The molecule has 0 spiro atoms. The predicted molar refractivity (Wildman–Crippen MR) is 107 cm³/mol. The maximum atomic E-state index is 13.0. The molecule has 1 N–H and O–H groups in total. The summed E-state index contributed by atoms with van der Waals surface area (Å²) in [4.78, 5) is 32.1. The SMILES string of the molecule is Cc1ccc(C)c(/C(O)=C2\C(=O)C(=O)N(C3CCCC3)C2c2ccccn2)c1. The number of nitrogens with zero attached hydrogens (tertiary/aromatic N) is 2. The van der Waals surface area contributed by atoms with Gasteiger partial charge in [0.1, 0.15) is 11.8 Å². The van der Waals surface area contributed by atoms with Crippen molar-refractivity contribution in [2.75, 3.05) is 0 Å². The smallest absolute Gasteiger partial charge is 0.295 e. The zero-order chi connectivity index (χ0) is 19.8. The predicted octanol–water partition coefficient (Wildman–Crippen LogP) is 4.06. The zero-order valence-electron chi connectivity index (χ0n) is 16.2. The maximum Gasteiger partial charge on any atom is 0.295 e. The molecular formula is C23H24N2O3. The molecule has 1 aliphatic heterocycles. The number of ketones is 1. The summed E-state index contributed by atoms with van der Waals surface area (Å²) in [7, 11) is 0. The molecule has 28 heavy (non-hydrogen) atoms. The van der Waals surface area contributed by atoms with E-state index < -0.39 is 17.7 Å². The molecule has 144 valence electrons. The molecule has 1 amide bonds. The van der Waals surface area contributed by atoms with Gasteiger partial charge in [-0.2, -0.15) is 0 Å². The number of benzene rings is 1. The van der Waals surface area contributed by atoms with E-state index in [4.69, 9.17) is 0 Å². The van der Waals surface area contributed by atoms with Crippen molar-refractivity contribution in [3.63, 3.8) is 0 Å². The third kappa shape index (κ3) is 3.01. The Kier molecular flexibility index (Phi) is 4.75. The Hall–Kier alpha value is -2.95. The highest BCUT2D eigenvalue weighted by Crippen LogP contribution is 2.43. The second-order valence-corrected chi connectivity index (χ2v) is 7.72. The molecule has 1 saturated heterocycles. The normalized spacial score (nSPS) is 22.2. The van der Waals surface area contributed by atoms with Gasteiger partial charge in [-0.25, -0.2) is 0 Å². The maximum absolute atomic E-state index is 13.0. The highest BCUT2D eigenvalue weighted by Gasteiger charge is 2.49. The van der Waals surface area contributed by atoms with E-state index in [9.17, 15) is 14.7 Å². The fourth-order valence-electron chi connectivity index (χ4n) is 4.37. The molecule has 0 bridgehead atoms. The fraction of sp³-hybridized carbons (Fsp3) is 0.348. The van der Waals surface area contributed by atoms with E-state index in [2.05, 4.69) is 4.98 Å². The van der Waals surface area contributed by atoms with Crippen LogP contribution in [-0.4, -0.2) is 32.7 Å². The molecule has 1 aromatic carbocycles. The molecule has 5 heteroatoms. The van der Waals surface area contributed by atoms with E-state index in [1.165, 1.54) is 0 Å². The Balaban J connectivity index is 1.92. The molecule has 5 nitrogen and oxygen atoms in total. The quantitative estimate of drug-likeness (QED) is 0.498. The van der Waals surface area contributed by atoms with E-state index in [1.54, 1.807) is 17.2 Å². The van der Waals surface area contributed by atoms with Gasteiger partial charge in [-0.3, -0.25) is 14.6 Å². The first kappa shape index (κ1) is 18.4. The second kappa shape index (κ2) is 7.23. The van der Waals surface area contributed by atoms with Crippen LogP contribution in [0.1, 0.15) is 54.1 Å². The number of aryl methyl sites for hydroxylation is 2. The zero-order valence-corrected chi connectivity index (χ0v) is 16.2. The highest BCUT2D eigenvalue weighted by atomic mass is 16.3. The minimum Gasteiger partial charge on any atom is -0.507 e. The number of hydrogen-bond acceptors (Lipinski definition) is 4. The van der Waals surface area contributed by atoms with Crippen molar-refractivity contribution in [2.45, 2.75) is 51.6 Å². The van der Waals surface area contributed by atoms with E-state index in [0.717, 1.165) is 36.8 Å². The number of carbonyl (C=O) groups is 2. The Morgan fingerprint density at radius 1 is 1.11 bits per heavy atom. The number of rotatable bonds is 3. The first-order chi connectivity index (χ1) is 13.5. The van der Waals surface area contributed by atoms with Crippen molar-refractivity contribution in [3.8, 4) is 0 Å². The first-order valence-electron chi connectivity index (χ1n) is 9.77. The summed E-state index contributed by atoms with van der Waals surface area (Å²) >= 11 is 0. The van der Waals surface area contributed by atoms with Crippen LogP contribution in [0.2, 0.25) is 0 Å². The lowest BCUT2D eigenvalue weighted by Gasteiger charge is -2.30. The lowest BCUT2D eigenvalue weighted by Crippen LogP contribution is -2.37. The molecule has 0 radical (unpaired) electrons. The summed E-state index contributed by atoms with van der Waals surface area (Å²) in [5, 5.41) is 11.2. The average molecular weight is 376 g/mol. The number of pyridine rings is 1. The van der Waals surface area contributed by atoms with Crippen molar-refractivity contribution in [1.82, 2.24) is 9.88 Å². The van der Waals surface area contributed by atoms with E-state index in [-0.39, 0.29) is 17.4 Å². The number of hydrogen-bond donors (Lipinski definition) is 1. The first-order valence-corrected chi connectivity index (χ1v) is 9.77. The van der Waals surface area contributed by atoms with Crippen LogP contribution in [0.25, 0.3) is 5.76 Å². The average Bonchev–Trinajstić information content (AvgIpc) is 3.31. The Morgan fingerprint density at radius 2 is 1.86 bits per heavy atom. The summed E-state index contributed by atoms with van der Waals surface area (Å²) in [6.07, 6.45) is 5.49. The molecule has 2 aliphatic rings. The molecule has 1 aromatic heterocycles. The number of aromatic nitrogens is 1. The minimum atomic E-state index is -0.649. The van der Waals surface area contributed by atoms with Gasteiger partial charge in [0, 0.05) is 17.8 Å². The van der Waals surface area contributed by atoms with Gasteiger partial charge in [-0.15, -0.1) is 0 Å². The summed E-state index contributed by atoms with van der Waals surface area (Å²) in [5.41, 5.74) is 3.18. The largest absolute Gasteiger partial charge is 0.507 e. The van der Waals surface area contributed by atoms with Crippen molar-refractivity contribution in [1.29, 1.82) is 0 Å². The molecule has 1 atom stereocenters. The van der Waals surface area contributed by atoms with Crippen LogP contribution >= 0.6 is 0 Å². The molecule has 1 aliphatic carbocycles. The number of carbonyl (C=O) groups excluding carboxylic acids is 2. The van der Waals surface area contributed by atoms with Crippen molar-refractivity contribution in [3.05, 3.63) is 70.6 Å². The third-order valence-corrected chi connectivity index (χ3v) is 5.81. The summed E-state index contributed by atoms with van der Waals surface area (Å²) in [6.45, 7) is 3.82. The van der Waals surface area contributed by atoms with Crippen molar-refractivity contribution in [2.24, 2.45) is 0 Å². The minimum absolute atomic E-state index is 0.00682. The lowest BCUT2D eigenvalue weighted by molar-refractivity contribution is -0.141. The summed E-state index contributed by atoms with van der Waals surface area (Å²) < 4.78 is 0. The van der Waals surface area contributed by atoms with Gasteiger partial charge < -0.3 is 10.0 Å². The molecule has 2 aromatic rings. The number of Topliss-reactive ketones (excluding diaryl/α,β-unsaturated/α-hetero) is 1. The van der Waals surface area contributed by atoms with Crippen LogP contribution in [0, 0.1) is 13.8 Å². The number of aliphatic hydroxyl groups excluding tert-OH is 1. The van der Waals surface area contributed by atoms with E-state index in [0.29, 0.717) is 11.3 Å². The molecule has 4 rings (SSSR count). The Bertz CT molecular complexity index is 959. The number of aliphatic hydroxyl groups is 1. The van der Waals surface area contributed by atoms with Crippen LogP contribution in [0.3, 0.4) is 0 Å². The molecule has 2 fully saturated rings. The Labute approximate surface area is 164 Å². The highest BCUT2D eigenvalue weighted by molar-refractivity contribution is 6.46. The van der Waals surface area contributed by atoms with Crippen LogP contribution in [0.4, 0.5) is 0 Å². The van der Waals surface area contributed by atoms with Gasteiger partial charge in [0.2, 0.25) is 0 Å². The molecule has 1 unspecified atom stereocenters. The van der Waals surface area contributed by atoms with Crippen LogP contribution in [0.5, 0.6) is 0 Å². The lowest BCUT2D eigenvalue weighted by atomic mass is 9.95. The molecular weight excluding hydrogens is 352 g/mol. The van der Waals surface area contributed by atoms with Gasteiger partial charge >= 0.3 is 0 Å². The fourth-order valence-corrected chi connectivity index (χ4v) is 4.37. The van der Waals surface area contributed by atoms with Crippen LogP contribution < -0.4 is 0 Å². The number of amides is 1.